The van der Waals surface area contributed by atoms with Crippen LogP contribution < -0.4 is 0 Å². The predicted molar refractivity (Wildman–Crippen MR) is 31.9 cm³/mol. The maximum atomic E-state index is 2.40. The van der Waals surface area contributed by atoms with Gasteiger partial charge in [0, 0.05) is 31.1 Å². The molecule has 0 aromatic heterocycles. The van der Waals surface area contributed by atoms with Crippen molar-refractivity contribution in [3.8, 4) is 0 Å². The second-order valence-corrected chi connectivity index (χ2v) is 2.55. The number of hydrogen-bond acceptors (Lipinski definition) is 0. The van der Waals surface area contributed by atoms with Crippen LogP contribution in [0.3, 0.4) is 0 Å². The van der Waals surface area contributed by atoms with Gasteiger partial charge in [0.25, 0.3) is 0 Å². The van der Waals surface area contributed by atoms with E-state index >= 15 is 0 Å². The van der Waals surface area contributed by atoms with Crippen LogP contribution in [0.25, 0.3) is 0 Å². The molecule has 0 N–H and O–H groups in total. The summed E-state index contributed by atoms with van der Waals surface area (Å²) >= 11 is 0. The van der Waals surface area contributed by atoms with Gasteiger partial charge in [-0.25, -0.2) is 0 Å². The largest absolute Gasteiger partial charge is 0.328 e. The van der Waals surface area contributed by atoms with Crippen molar-refractivity contribution in [1.82, 2.24) is 0 Å². The van der Waals surface area contributed by atoms with Crippen molar-refractivity contribution in [2.45, 2.75) is 32.6 Å². The van der Waals surface area contributed by atoms with Gasteiger partial charge < -0.3 is 6.42 Å². The molecule has 8 heavy (non-hydrogen) atoms. The Hall–Kier alpha value is 1.05. The van der Waals surface area contributed by atoms with E-state index in [1.165, 1.54) is 25.7 Å². The zero-order valence-electron chi connectivity index (χ0n) is 5.48. The molecule has 0 aromatic rings. The summed E-state index contributed by atoms with van der Waals surface area (Å²) < 4.78 is 0. The second-order valence-electron chi connectivity index (χ2n) is 2.55. The Morgan fingerprint density at radius 3 is 2.00 bits per heavy atom. The van der Waals surface area contributed by atoms with E-state index in [0.29, 0.717) is 0 Å². The molecule has 1 rings (SSSR count). The molecule has 0 heterocycles. The van der Waals surface area contributed by atoms with Gasteiger partial charge in [-0.05, 0) is 5.92 Å². The van der Waals surface area contributed by atoms with Gasteiger partial charge in [0.1, 0.15) is 0 Å². The quantitative estimate of drug-likeness (QED) is 0.597. The Morgan fingerprint density at radius 1 is 1.25 bits per heavy atom. The summed E-state index contributed by atoms with van der Waals surface area (Å²) in [5.74, 6) is 1.00. The molecule has 0 amide bonds. The van der Waals surface area contributed by atoms with E-state index in [2.05, 4.69) is 13.3 Å². The molecule has 1 aliphatic carbocycles. The molecule has 0 atom stereocenters. The summed E-state index contributed by atoms with van der Waals surface area (Å²) in [7, 11) is 0. The van der Waals surface area contributed by atoms with Gasteiger partial charge >= 0.3 is 0 Å². The summed E-state index contributed by atoms with van der Waals surface area (Å²) in [6, 6.07) is 0. The molecule has 1 aliphatic rings. The van der Waals surface area contributed by atoms with E-state index in [1.807, 2.05) is 0 Å². The first-order valence-electron chi connectivity index (χ1n) is 3.21. The fraction of sp³-hybridized carbons (Fsp3) is 0.857. The van der Waals surface area contributed by atoms with E-state index < -0.39 is 0 Å². The molecule has 0 nitrogen and oxygen atoms in total. The molecule has 1 fully saturated rings. The minimum Gasteiger partial charge on any atom is -0.328 e. The number of rotatable bonds is 0. The first kappa shape index (κ1) is 9.05. The first-order chi connectivity index (χ1) is 3.39. The Bertz CT molecular complexity index is 46.3. The zero-order chi connectivity index (χ0) is 5.11. The molecule has 0 radical (unpaired) electrons. The number of hydrogen-bond donors (Lipinski definition) is 0. The Morgan fingerprint density at radius 2 is 1.75 bits per heavy atom. The molecule has 0 unspecified atom stereocenters. The van der Waals surface area contributed by atoms with Crippen LogP contribution in [0, 0.1) is 43.5 Å². The van der Waals surface area contributed by atoms with Crippen molar-refractivity contribution >= 4 is 0 Å². The van der Waals surface area contributed by atoms with Gasteiger partial charge in [-0.1, -0.05) is 19.8 Å². The molecule has 0 saturated heterocycles. The van der Waals surface area contributed by atoms with Crippen LogP contribution in [-0.2, 0) is 0 Å². The summed E-state index contributed by atoms with van der Waals surface area (Å²) in [5.41, 5.74) is 0. The molecule has 46 valence electrons. The SMILES string of the molecule is CC1CC[CH-]CC1.[U]. The summed E-state index contributed by atoms with van der Waals surface area (Å²) in [6.45, 7) is 2.34. The van der Waals surface area contributed by atoms with Crippen molar-refractivity contribution < 1.29 is 31.1 Å². The fourth-order valence-corrected chi connectivity index (χ4v) is 1.09. The third kappa shape index (κ3) is 3.15. The van der Waals surface area contributed by atoms with Crippen molar-refractivity contribution in [2.24, 2.45) is 5.92 Å². The van der Waals surface area contributed by atoms with Crippen molar-refractivity contribution in [3.63, 3.8) is 0 Å². The predicted octanol–water partition coefficient (Wildman–Crippen LogP) is 2.40. The average Bonchev–Trinajstić information content (AvgIpc) is 1.69. The van der Waals surface area contributed by atoms with E-state index in [-0.39, 0.29) is 31.1 Å². The standard InChI is InChI=1S/C7H13.U/c1-7-5-3-2-4-6-7;/h2,7H,3-6H2,1H3;/q-1;. The zero-order valence-corrected chi connectivity index (χ0v) is 9.65. The molecule has 0 bridgehead atoms. The molecule has 1 saturated carbocycles. The molecular weight excluding hydrogens is 322 g/mol. The van der Waals surface area contributed by atoms with Crippen LogP contribution in [-0.4, -0.2) is 0 Å². The summed E-state index contributed by atoms with van der Waals surface area (Å²) in [6.07, 6.45) is 7.99. The van der Waals surface area contributed by atoms with Gasteiger partial charge in [0.2, 0.25) is 0 Å². The molecule has 0 spiro atoms. The van der Waals surface area contributed by atoms with Crippen LogP contribution in [0.1, 0.15) is 32.6 Å². The van der Waals surface area contributed by atoms with Gasteiger partial charge in [0.05, 0.1) is 0 Å². The maximum absolute atomic E-state index is 2.40. The molecule has 1 heteroatoms. The van der Waals surface area contributed by atoms with Crippen LogP contribution in [0.2, 0.25) is 0 Å². The fourth-order valence-electron chi connectivity index (χ4n) is 1.09. The van der Waals surface area contributed by atoms with Crippen LogP contribution in [0.4, 0.5) is 0 Å². The van der Waals surface area contributed by atoms with Crippen LogP contribution in [0.5, 0.6) is 0 Å². The van der Waals surface area contributed by atoms with Crippen molar-refractivity contribution in [3.05, 3.63) is 6.42 Å². The van der Waals surface area contributed by atoms with Gasteiger partial charge in [0.15, 0.2) is 0 Å². The third-order valence-electron chi connectivity index (χ3n) is 1.73. The van der Waals surface area contributed by atoms with Gasteiger partial charge in [-0.3, -0.25) is 0 Å². The molecule has 0 aromatic carbocycles. The average molecular weight is 335 g/mol. The topological polar surface area (TPSA) is 0 Å². The molecular formula is C7H13U-. The normalized spacial score (nSPS) is 22.1. The smallest absolute Gasteiger partial charge is 0 e. The van der Waals surface area contributed by atoms with Crippen LogP contribution in [0.15, 0.2) is 0 Å². The van der Waals surface area contributed by atoms with Gasteiger partial charge in [-0.2, -0.15) is 12.8 Å². The second kappa shape index (κ2) is 4.89. The Balaban J connectivity index is 0.000000490. The monoisotopic (exact) mass is 335 g/mol. The first-order valence-corrected chi connectivity index (χ1v) is 3.21. The van der Waals surface area contributed by atoms with Crippen molar-refractivity contribution in [2.75, 3.05) is 0 Å². The molecule has 0 aliphatic heterocycles. The summed E-state index contributed by atoms with van der Waals surface area (Å²) in [5, 5.41) is 0. The minimum absolute atomic E-state index is 0. The van der Waals surface area contributed by atoms with E-state index in [4.69, 9.17) is 0 Å². The summed E-state index contributed by atoms with van der Waals surface area (Å²) in [4.78, 5) is 0. The van der Waals surface area contributed by atoms with Crippen LogP contribution >= 0.6 is 0 Å². The van der Waals surface area contributed by atoms with E-state index in [0.717, 1.165) is 5.92 Å². The van der Waals surface area contributed by atoms with E-state index in [1.54, 1.807) is 0 Å². The van der Waals surface area contributed by atoms with E-state index in [9.17, 15) is 0 Å². The maximum Gasteiger partial charge on any atom is 0 e. The van der Waals surface area contributed by atoms with Crippen molar-refractivity contribution in [1.29, 1.82) is 0 Å². The minimum atomic E-state index is 0. The Kier molecular flexibility index (Phi) is 5.53. The third-order valence-corrected chi connectivity index (χ3v) is 1.73. The Labute approximate surface area is 75.8 Å². The van der Waals surface area contributed by atoms with Gasteiger partial charge in [-0.15, -0.1) is 0 Å².